The van der Waals surface area contributed by atoms with Crippen LogP contribution in [0.5, 0.6) is 0 Å². The van der Waals surface area contributed by atoms with E-state index in [4.69, 9.17) is 9.59 Å². The molecular weight excluding hydrogens is 248 g/mol. The fourth-order valence-corrected chi connectivity index (χ4v) is 1.74. The Balaban J connectivity index is -0.000000243. The van der Waals surface area contributed by atoms with Crippen molar-refractivity contribution in [2.75, 3.05) is 0 Å². The van der Waals surface area contributed by atoms with Gasteiger partial charge in [-0.2, -0.15) is 9.59 Å². The Labute approximate surface area is 127 Å². The highest BCUT2D eigenvalue weighted by Crippen LogP contribution is 2.10. The van der Waals surface area contributed by atoms with Gasteiger partial charge in [-0.25, -0.2) is 0 Å². The molecule has 0 saturated heterocycles. The average Bonchev–Trinajstić information content (AvgIpc) is 2.29. The van der Waals surface area contributed by atoms with E-state index in [0.717, 1.165) is 17.8 Å². The molecule has 2 nitrogen and oxygen atoms in total. The second-order valence-electron chi connectivity index (χ2n) is 6.69. The molecular formula is C18H38O2. The molecule has 0 aromatic carbocycles. The van der Waals surface area contributed by atoms with Crippen LogP contribution in [0.3, 0.4) is 0 Å². The van der Waals surface area contributed by atoms with Crippen LogP contribution in [-0.2, 0) is 9.59 Å². The van der Waals surface area contributed by atoms with Gasteiger partial charge in [0.2, 0.25) is 0 Å². The van der Waals surface area contributed by atoms with Gasteiger partial charge in [0.1, 0.15) is 0 Å². The zero-order valence-corrected chi connectivity index (χ0v) is 15.0. The lowest BCUT2D eigenvalue weighted by Gasteiger charge is -2.05. The molecule has 0 aliphatic heterocycles. The Bertz CT molecular complexity index is 182. The molecule has 0 spiro atoms. The maximum Gasteiger partial charge on any atom is 0.373 e. The van der Waals surface area contributed by atoms with Crippen molar-refractivity contribution in [3.8, 4) is 0 Å². The van der Waals surface area contributed by atoms with E-state index in [0.29, 0.717) is 0 Å². The molecule has 0 N–H and O–H groups in total. The fraction of sp³-hybridized carbons (Fsp3) is 0.944. The standard InChI is InChI=1S/C9H20.C8H18.CO2/c1-8(2)6-5-7-9(3)4;1-4-5-6-7-8(2)3;2-1-3/h8-9H,5-7H2,1-4H3;8H,4-7H2,1-3H3;. The Morgan fingerprint density at radius 1 is 0.650 bits per heavy atom. The van der Waals surface area contributed by atoms with E-state index in [1.165, 1.54) is 44.9 Å². The van der Waals surface area contributed by atoms with Crippen molar-refractivity contribution in [1.82, 2.24) is 0 Å². The number of hydrogen-bond donors (Lipinski definition) is 0. The Hall–Kier alpha value is -0.620. The van der Waals surface area contributed by atoms with Gasteiger partial charge in [0.15, 0.2) is 0 Å². The van der Waals surface area contributed by atoms with Crippen LogP contribution in [0.15, 0.2) is 0 Å². The van der Waals surface area contributed by atoms with Gasteiger partial charge in [-0.15, -0.1) is 0 Å². The zero-order chi connectivity index (χ0) is 16.4. The summed E-state index contributed by atoms with van der Waals surface area (Å²) in [6.07, 6.45) is 10.1. The minimum absolute atomic E-state index is 0.250. The van der Waals surface area contributed by atoms with Crippen molar-refractivity contribution in [2.45, 2.75) is 93.4 Å². The molecule has 2 heteroatoms. The topological polar surface area (TPSA) is 34.1 Å². The van der Waals surface area contributed by atoms with Crippen molar-refractivity contribution in [3.63, 3.8) is 0 Å². The molecule has 0 unspecified atom stereocenters. The second-order valence-corrected chi connectivity index (χ2v) is 6.69. The van der Waals surface area contributed by atoms with Crippen LogP contribution in [0.2, 0.25) is 0 Å². The Morgan fingerprint density at radius 3 is 1.20 bits per heavy atom. The van der Waals surface area contributed by atoms with E-state index in [1.54, 1.807) is 0 Å². The van der Waals surface area contributed by atoms with Gasteiger partial charge in [-0.1, -0.05) is 93.4 Å². The molecule has 0 aliphatic rings. The highest BCUT2D eigenvalue weighted by atomic mass is 16.2. The van der Waals surface area contributed by atoms with Gasteiger partial charge in [-0.3, -0.25) is 0 Å². The lowest BCUT2D eigenvalue weighted by molar-refractivity contribution is -0.191. The minimum Gasteiger partial charge on any atom is -0.186 e. The van der Waals surface area contributed by atoms with E-state index in [9.17, 15) is 0 Å². The van der Waals surface area contributed by atoms with Crippen molar-refractivity contribution in [1.29, 1.82) is 0 Å². The molecule has 122 valence electrons. The molecule has 0 radical (unpaired) electrons. The first-order valence-corrected chi connectivity index (χ1v) is 8.30. The van der Waals surface area contributed by atoms with Crippen LogP contribution in [0.25, 0.3) is 0 Å². The molecule has 0 bridgehead atoms. The van der Waals surface area contributed by atoms with E-state index < -0.39 is 0 Å². The Morgan fingerprint density at radius 2 is 0.950 bits per heavy atom. The summed E-state index contributed by atoms with van der Waals surface area (Å²) in [5.41, 5.74) is 0. The lowest BCUT2D eigenvalue weighted by atomic mass is 10.0. The Kier molecular flexibility index (Phi) is 25.2. The van der Waals surface area contributed by atoms with E-state index >= 15 is 0 Å². The molecule has 0 amide bonds. The molecule has 0 heterocycles. The summed E-state index contributed by atoms with van der Waals surface area (Å²) >= 11 is 0. The van der Waals surface area contributed by atoms with Crippen LogP contribution in [0, 0.1) is 17.8 Å². The smallest absolute Gasteiger partial charge is 0.186 e. The van der Waals surface area contributed by atoms with Crippen LogP contribution in [-0.4, -0.2) is 6.15 Å². The lowest BCUT2D eigenvalue weighted by Crippen LogP contribution is -1.90. The molecule has 0 fully saturated rings. The maximum atomic E-state index is 8.12. The van der Waals surface area contributed by atoms with E-state index in [2.05, 4.69) is 48.5 Å². The SMILES string of the molecule is CC(C)CCCC(C)C.CCCCCC(C)C.O=C=O. The third kappa shape index (κ3) is 43.3. The van der Waals surface area contributed by atoms with Gasteiger partial charge < -0.3 is 0 Å². The largest absolute Gasteiger partial charge is 0.373 e. The summed E-state index contributed by atoms with van der Waals surface area (Å²) in [5, 5.41) is 0. The molecule has 0 rings (SSSR count). The summed E-state index contributed by atoms with van der Waals surface area (Å²) in [5.74, 6) is 2.69. The van der Waals surface area contributed by atoms with Gasteiger partial charge >= 0.3 is 6.15 Å². The summed E-state index contributed by atoms with van der Waals surface area (Å²) in [7, 11) is 0. The van der Waals surface area contributed by atoms with Gasteiger partial charge in [0.25, 0.3) is 0 Å². The molecule has 0 atom stereocenters. The molecule has 20 heavy (non-hydrogen) atoms. The maximum absolute atomic E-state index is 8.12. The summed E-state index contributed by atoms with van der Waals surface area (Å²) in [4.78, 5) is 16.2. The van der Waals surface area contributed by atoms with Crippen LogP contribution in [0.1, 0.15) is 93.4 Å². The number of rotatable bonds is 8. The first kappa shape index (κ1) is 24.4. The van der Waals surface area contributed by atoms with Crippen molar-refractivity contribution in [2.24, 2.45) is 17.8 Å². The van der Waals surface area contributed by atoms with Crippen molar-refractivity contribution >= 4 is 6.15 Å². The molecule has 0 aromatic rings. The number of unbranched alkanes of at least 4 members (excludes halogenated alkanes) is 2. The second kappa shape index (κ2) is 20.7. The summed E-state index contributed by atoms with van der Waals surface area (Å²) in [6, 6.07) is 0. The van der Waals surface area contributed by atoms with Crippen LogP contribution in [0.4, 0.5) is 0 Å². The first-order valence-electron chi connectivity index (χ1n) is 8.30. The average molecular weight is 286 g/mol. The summed E-state index contributed by atoms with van der Waals surface area (Å²) in [6.45, 7) is 16.0. The predicted molar refractivity (Wildman–Crippen MR) is 87.5 cm³/mol. The highest BCUT2D eigenvalue weighted by molar-refractivity contribution is 5.20. The fourth-order valence-electron chi connectivity index (χ4n) is 1.74. The zero-order valence-electron chi connectivity index (χ0n) is 15.0. The molecule has 0 aromatic heterocycles. The van der Waals surface area contributed by atoms with Crippen molar-refractivity contribution < 1.29 is 9.59 Å². The quantitative estimate of drug-likeness (QED) is 0.505. The predicted octanol–water partition coefficient (Wildman–Crippen LogP) is 6.11. The number of carbonyl (C=O) groups excluding carboxylic acids is 2. The summed E-state index contributed by atoms with van der Waals surface area (Å²) < 4.78 is 0. The van der Waals surface area contributed by atoms with Gasteiger partial charge in [0, 0.05) is 0 Å². The van der Waals surface area contributed by atoms with E-state index in [1.807, 2.05) is 0 Å². The van der Waals surface area contributed by atoms with Crippen LogP contribution < -0.4 is 0 Å². The monoisotopic (exact) mass is 286 g/mol. The third-order valence-corrected chi connectivity index (χ3v) is 2.95. The van der Waals surface area contributed by atoms with Gasteiger partial charge in [0.05, 0.1) is 0 Å². The molecule has 0 aliphatic carbocycles. The highest BCUT2D eigenvalue weighted by Gasteiger charge is 1.95. The van der Waals surface area contributed by atoms with Crippen molar-refractivity contribution in [3.05, 3.63) is 0 Å². The number of hydrogen-bond acceptors (Lipinski definition) is 2. The van der Waals surface area contributed by atoms with Gasteiger partial charge in [-0.05, 0) is 17.8 Å². The minimum atomic E-state index is 0.250. The van der Waals surface area contributed by atoms with E-state index in [-0.39, 0.29) is 6.15 Å². The normalized spacial score (nSPS) is 9.70. The van der Waals surface area contributed by atoms with Crippen LogP contribution >= 0.6 is 0 Å². The molecule has 0 saturated carbocycles. The third-order valence-electron chi connectivity index (χ3n) is 2.95. The first-order chi connectivity index (χ1) is 9.31.